The van der Waals surface area contributed by atoms with E-state index >= 15 is 0 Å². The molecule has 110 valence electrons. The lowest BCUT2D eigenvalue weighted by Gasteiger charge is -2.15. The van der Waals surface area contributed by atoms with Gasteiger partial charge in [-0.3, -0.25) is 0 Å². The number of benzene rings is 2. The first kappa shape index (κ1) is 14.4. The molecule has 3 nitrogen and oxygen atoms in total. The molecule has 1 aliphatic heterocycles. The van der Waals surface area contributed by atoms with Crippen LogP contribution in [0.1, 0.15) is 27.1 Å². The molecule has 1 heterocycles. The molecule has 3 rings (SSSR count). The molecule has 1 aliphatic rings. The second kappa shape index (κ2) is 6.08. The van der Waals surface area contributed by atoms with E-state index in [9.17, 15) is 0 Å². The fourth-order valence-electron chi connectivity index (χ4n) is 2.52. The standard InChI is InChI=1S/C17H17BrO3/c1-19-15-6-13(7-16(8-15)20-2)17(18)11-3-4-12-9-21-10-14(12)5-11/h3-8,17H,9-10H2,1-2H3. The van der Waals surface area contributed by atoms with Crippen molar-refractivity contribution in [1.82, 2.24) is 0 Å². The Balaban J connectivity index is 1.96. The summed E-state index contributed by atoms with van der Waals surface area (Å²) in [6.45, 7) is 1.42. The van der Waals surface area contributed by atoms with E-state index in [4.69, 9.17) is 14.2 Å². The number of fused-ring (bicyclic) bond motifs is 1. The third-order valence-corrected chi connectivity index (χ3v) is 4.76. The Bertz CT molecular complexity index is 632. The molecule has 0 amide bonds. The molecule has 1 unspecified atom stereocenters. The summed E-state index contributed by atoms with van der Waals surface area (Å²) in [5.41, 5.74) is 4.85. The molecule has 2 aromatic rings. The summed E-state index contributed by atoms with van der Waals surface area (Å²) < 4.78 is 16.1. The number of methoxy groups -OCH3 is 2. The Kier molecular flexibility index (Phi) is 4.17. The summed E-state index contributed by atoms with van der Waals surface area (Å²) in [5.74, 6) is 1.58. The second-order valence-electron chi connectivity index (χ2n) is 5.03. The highest BCUT2D eigenvalue weighted by Gasteiger charge is 2.17. The molecular weight excluding hydrogens is 332 g/mol. The molecule has 4 heteroatoms. The Hall–Kier alpha value is -1.52. The van der Waals surface area contributed by atoms with Crippen LogP contribution in [0, 0.1) is 0 Å². The lowest BCUT2D eigenvalue weighted by atomic mass is 10.00. The Morgan fingerprint density at radius 1 is 0.905 bits per heavy atom. The van der Waals surface area contributed by atoms with E-state index in [1.807, 2.05) is 18.2 Å². The van der Waals surface area contributed by atoms with Crippen LogP contribution in [0.5, 0.6) is 11.5 Å². The smallest absolute Gasteiger partial charge is 0.122 e. The minimum absolute atomic E-state index is 0.0902. The van der Waals surface area contributed by atoms with Gasteiger partial charge in [0.25, 0.3) is 0 Å². The molecular formula is C17H17BrO3. The van der Waals surface area contributed by atoms with Gasteiger partial charge in [0, 0.05) is 6.07 Å². The average Bonchev–Trinajstić information content (AvgIpc) is 3.01. The van der Waals surface area contributed by atoms with Crippen LogP contribution in [0.25, 0.3) is 0 Å². The van der Waals surface area contributed by atoms with Crippen molar-refractivity contribution in [3.63, 3.8) is 0 Å². The van der Waals surface area contributed by atoms with Gasteiger partial charge in [0.05, 0.1) is 32.3 Å². The fraction of sp³-hybridized carbons (Fsp3) is 0.294. The van der Waals surface area contributed by atoms with Crippen LogP contribution >= 0.6 is 15.9 Å². The van der Waals surface area contributed by atoms with Crippen molar-refractivity contribution >= 4 is 15.9 Å². The number of ether oxygens (including phenoxy) is 3. The van der Waals surface area contributed by atoms with Gasteiger partial charge >= 0.3 is 0 Å². The fourth-order valence-corrected chi connectivity index (χ4v) is 3.07. The van der Waals surface area contributed by atoms with Crippen molar-refractivity contribution < 1.29 is 14.2 Å². The summed E-state index contributed by atoms with van der Waals surface area (Å²) in [6, 6.07) is 12.4. The number of alkyl halides is 1. The third kappa shape index (κ3) is 2.92. The molecule has 0 saturated carbocycles. The maximum absolute atomic E-state index is 5.47. The first-order chi connectivity index (χ1) is 10.2. The van der Waals surface area contributed by atoms with E-state index in [2.05, 4.69) is 34.1 Å². The molecule has 0 N–H and O–H groups in total. The monoisotopic (exact) mass is 348 g/mol. The van der Waals surface area contributed by atoms with Crippen LogP contribution < -0.4 is 9.47 Å². The highest BCUT2D eigenvalue weighted by Crippen LogP contribution is 2.36. The van der Waals surface area contributed by atoms with Gasteiger partial charge in [0.15, 0.2) is 0 Å². The summed E-state index contributed by atoms with van der Waals surface area (Å²) in [7, 11) is 3.32. The third-order valence-electron chi connectivity index (χ3n) is 3.70. The predicted octanol–water partition coefficient (Wildman–Crippen LogP) is 4.22. The number of hydrogen-bond donors (Lipinski definition) is 0. The van der Waals surface area contributed by atoms with Crippen LogP contribution in [0.2, 0.25) is 0 Å². The van der Waals surface area contributed by atoms with E-state index in [0.29, 0.717) is 6.61 Å². The van der Waals surface area contributed by atoms with E-state index in [-0.39, 0.29) is 4.83 Å². The van der Waals surface area contributed by atoms with Crippen molar-refractivity contribution in [3.8, 4) is 11.5 Å². The number of rotatable bonds is 4. The molecule has 0 radical (unpaired) electrons. The van der Waals surface area contributed by atoms with Gasteiger partial charge in [-0.05, 0) is 34.4 Å². The molecule has 0 fully saturated rings. The van der Waals surface area contributed by atoms with Gasteiger partial charge < -0.3 is 14.2 Å². The van der Waals surface area contributed by atoms with Crippen molar-refractivity contribution in [2.75, 3.05) is 14.2 Å². The Morgan fingerprint density at radius 2 is 1.57 bits per heavy atom. The van der Waals surface area contributed by atoms with Gasteiger partial charge in [0.2, 0.25) is 0 Å². The summed E-state index contributed by atoms with van der Waals surface area (Å²) in [6.07, 6.45) is 0. The maximum Gasteiger partial charge on any atom is 0.122 e. The van der Waals surface area contributed by atoms with E-state index < -0.39 is 0 Å². The minimum Gasteiger partial charge on any atom is -0.497 e. The SMILES string of the molecule is COc1cc(OC)cc(C(Br)c2ccc3c(c2)COC3)c1. The first-order valence-corrected chi connectivity index (χ1v) is 7.69. The van der Waals surface area contributed by atoms with Crippen molar-refractivity contribution in [2.45, 2.75) is 18.0 Å². The van der Waals surface area contributed by atoms with Gasteiger partial charge in [-0.1, -0.05) is 34.1 Å². The molecule has 0 bridgehead atoms. The molecule has 0 saturated heterocycles. The maximum atomic E-state index is 5.47. The van der Waals surface area contributed by atoms with E-state index in [1.165, 1.54) is 16.7 Å². The summed E-state index contributed by atoms with van der Waals surface area (Å²) >= 11 is 3.78. The topological polar surface area (TPSA) is 27.7 Å². The largest absolute Gasteiger partial charge is 0.497 e. The molecule has 2 aromatic carbocycles. The zero-order chi connectivity index (χ0) is 14.8. The highest BCUT2D eigenvalue weighted by molar-refractivity contribution is 9.09. The zero-order valence-corrected chi connectivity index (χ0v) is 13.6. The van der Waals surface area contributed by atoms with Crippen LogP contribution in [0.3, 0.4) is 0 Å². The summed E-state index contributed by atoms with van der Waals surface area (Å²) in [5, 5.41) is 0. The van der Waals surface area contributed by atoms with Crippen LogP contribution in [-0.2, 0) is 18.0 Å². The van der Waals surface area contributed by atoms with Gasteiger partial charge in [-0.15, -0.1) is 0 Å². The van der Waals surface area contributed by atoms with Crippen molar-refractivity contribution in [2.24, 2.45) is 0 Å². The van der Waals surface area contributed by atoms with E-state index in [0.717, 1.165) is 23.7 Å². The molecule has 0 aliphatic carbocycles. The highest BCUT2D eigenvalue weighted by atomic mass is 79.9. The van der Waals surface area contributed by atoms with Crippen LogP contribution in [0.4, 0.5) is 0 Å². The van der Waals surface area contributed by atoms with Gasteiger partial charge in [-0.2, -0.15) is 0 Å². The lowest BCUT2D eigenvalue weighted by molar-refractivity contribution is 0.134. The predicted molar refractivity (Wildman–Crippen MR) is 85.3 cm³/mol. The van der Waals surface area contributed by atoms with Crippen LogP contribution in [-0.4, -0.2) is 14.2 Å². The first-order valence-electron chi connectivity index (χ1n) is 6.77. The Labute approximate surface area is 133 Å². The van der Waals surface area contributed by atoms with Crippen molar-refractivity contribution in [1.29, 1.82) is 0 Å². The summed E-state index contributed by atoms with van der Waals surface area (Å²) in [4.78, 5) is 0.0902. The molecule has 0 aromatic heterocycles. The van der Waals surface area contributed by atoms with Crippen LogP contribution in [0.15, 0.2) is 36.4 Å². The number of hydrogen-bond acceptors (Lipinski definition) is 3. The quantitative estimate of drug-likeness (QED) is 0.774. The van der Waals surface area contributed by atoms with E-state index in [1.54, 1.807) is 14.2 Å². The van der Waals surface area contributed by atoms with Crippen molar-refractivity contribution in [3.05, 3.63) is 58.7 Å². The number of halogens is 1. The second-order valence-corrected chi connectivity index (χ2v) is 5.95. The molecule has 1 atom stereocenters. The lowest BCUT2D eigenvalue weighted by Crippen LogP contribution is -1.97. The molecule has 0 spiro atoms. The normalized spacial score (nSPS) is 14.6. The zero-order valence-electron chi connectivity index (χ0n) is 12.1. The van der Waals surface area contributed by atoms with Gasteiger partial charge in [0.1, 0.15) is 11.5 Å². The molecule has 21 heavy (non-hydrogen) atoms. The average molecular weight is 349 g/mol. The minimum atomic E-state index is 0.0902. The Morgan fingerprint density at radius 3 is 2.24 bits per heavy atom. The van der Waals surface area contributed by atoms with Gasteiger partial charge in [-0.25, -0.2) is 0 Å².